The summed E-state index contributed by atoms with van der Waals surface area (Å²) in [5, 5.41) is 0. The average molecular weight is 101 g/mol. The van der Waals surface area contributed by atoms with E-state index < -0.39 is 0 Å². The van der Waals surface area contributed by atoms with Crippen LogP contribution in [0.1, 0.15) is 26.7 Å². The zero-order valence-corrected chi connectivity index (χ0v) is 4.85. The van der Waals surface area contributed by atoms with Gasteiger partial charge in [0.25, 0.3) is 0 Å². The van der Waals surface area contributed by atoms with Gasteiger partial charge in [0.1, 0.15) is 0 Å². The summed E-state index contributed by atoms with van der Waals surface area (Å²) in [6, 6.07) is 0. The van der Waals surface area contributed by atoms with Crippen molar-refractivity contribution in [2.75, 3.05) is 0 Å². The fourth-order valence-electron chi connectivity index (χ4n) is 0.438. The van der Waals surface area contributed by atoms with E-state index in [0.29, 0.717) is 0 Å². The molecule has 2 heteroatoms. The summed E-state index contributed by atoms with van der Waals surface area (Å²) in [7, 11) is 0. The second kappa shape index (κ2) is 4.09. The molecule has 0 unspecified atom stereocenters. The highest BCUT2D eigenvalue weighted by atomic mass is 16.6. The first-order chi connectivity index (χ1) is 3.35. The van der Waals surface area contributed by atoms with Crippen molar-refractivity contribution in [3.8, 4) is 0 Å². The normalized spacial score (nSPS) is 10.3. The summed E-state index contributed by atoms with van der Waals surface area (Å²) in [6.45, 7) is 3.95. The molecule has 0 bridgehead atoms. The lowest BCUT2D eigenvalue weighted by molar-refractivity contribution is 0.0325. The fourth-order valence-corrected chi connectivity index (χ4v) is 0.438. The van der Waals surface area contributed by atoms with E-state index in [0.717, 1.165) is 12.8 Å². The van der Waals surface area contributed by atoms with Crippen LogP contribution in [0.3, 0.4) is 0 Å². The zero-order valence-electron chi connectivity index (χ0n) is 4.85. The van der Waals surface area contributed by atoms with E-state index in [1.165, 1.54) is 0 Å². The van der Waals surface area contributed by atoms with Crippen molar-refractivity contribution in [3.05, 3.63) is 0 Å². The highest BCUT2D eigenvalue weighted by Crippen LogP contribution is 1.97. The molecule has 0 rings (SSSR count). The van der Waals surface area contributed by atoms with E-state index in [-0.39, 0.29) is 6.10 Å². The van der Waals surface area contributed by atoms with E-state index in [2.05, 4.69) is 4.84 Å². The molecule has 0 amide bonds. The van der Waals surface area contributed by atoms with Gasteiger partial charge in [-0.25, -0.2) is 0 Å². The van der Waals surface area contributed by atoms with Gasteiger partial charge in [-0.3, -0.25) is 4.84 Å². The first-order valence-corrected chi connectivity index (χ1v) is 2.65. The van der Waals surface area contributed by atoms with Crippen molar-refractivity contribution in [3.63, 3.8) is 0 Å². The van der Waals surface area contributed by atoms with Crippen LogP contribution >= 0.6 is 0 Å². The Hall–Kier alpha value is -0.0800. The highest BCUT2D eigenvalue weighted by molar-refractivity contribution is 4.46. The first kappa shape index (κ1) is 6.92. The molecule has 0 spiro atoms. The lowest BCUT2D eigenvalue weighted by atomic mass is 10.2. The summed E-state index contributed by atoms with van der Waals surface area (Å²) in [5.41, 5.74) is 0. The van der Waals surface area contributed by atoms with Gasteiger partial charge in [0.2, 0.25) is 0 Å². The minimum Gasteiger partial charge on any atom is -0.260 e. The molecule has 0 atom stereocenters. The number of nitrogens with zero attached hydrogens (tertiary/aromatic N) is 1. The molecule has 2 nitrogen and oxygen atoms in total. The number of rotatable bonds is 3. The predicted octanol–water partition coefficient (Wildman–Crippen LogP) is 1.18. The van der Waals surface area contributed by atoms with E-state index in [9.17, 15) is 0 Å². The monoisotopic (exact) mass is 101 g/mol. The van der Waals surface area contributed by atoms with Crippen molar-refractivity contribution in [1.29, 1.82) is 0 Å². The molecule has 0 aromatic carbocycles. The van der Waals surface area contributed by atoms with E-state index in [4.69, 9.17) is 5.90 Å². The van der Waals surface area contributed by atoms with Crippen molar-refractivity contribution in [2.24, 2.45) is 0 Å². The lowest BCUT2D eigenvalue weighted by Gasteiger charge is -2.03. The minimum atomic E-state index is 0.0417. The average Bonchev–Trinajstić information content (AvgIpc) is 1.72. The Balaban J connectivity index is 2.99. The fraction of sp³-hybridized carbons (Fsp3) is 1.00. The maximum absolute atomic E-state index is 8.03. The highest BCUT2D eigenvalue weighted by Gasteiger charge is 1.98. The molecule has 2 radical (unpaired) electrons. The van der Waals surface area contributed by atoms with Gasteiger partial charge in [-0.2, -0.15) is 0 Å². The van der Waals surface area contributed by atoms with Crippen LogP contribution in [0.15, 0.2) is 0 Å². The molecule has 0 aromatic heterocycles. The predicted molar refractivity (Wildman–Crippen MR) is 27.6 cm³/mol. The van der Waals surface area contributed by atoms with Gasteiger partial charge in [-0.15, -0.1) is 0 Å². The second-order valence-electron chi connectivity index (χ2n) is 1.54. The van der Waals surface area contributed by atoms with Crippen LogP contribution in [0, 0.1) is 0 Å². The number of hydrogen-bond acceptors (Lipinski definition) is 1. The Morgan fingerprint density at radius 2 is 1.86 bits per heavy atom. The third-order valence-electron chi connectivity index (χ3n) is 1.06. The molecule has 0 heterocycles. The Morgan fingerprint density at radius 1 is 1.43 bits per heavy atom. The molecule has 42 valence electrons. The van der Waals surface area contributed by atoms with Gasteiger partial charge in [-0.1, -0.05) is 13.8 Å². The molecular formula is C5H11NO. The largest absolute Gasteiger partial charge is 0.260 e. The number of hydrogen-bond donors (Lipinski definition) is 0. The standard InChI is InChI=1S/C5H11NO/c1-3-5(4-2)7-6/h5H,3-4H2,1-2H3. The molecular weight excluding hydrogens is 90.1 g/mol. The summed E-state index contributed by atoms with van der Waals surface area (Å²) in [6.07, 6.45) is 1.81. The quantitative estimate of drug-likeness (QED) is 0.491. The SMILES string of the molecule is CCC(CC)O[N]. The van der Waals surface area contributed by atoms with Crippen LogP contribution in [0.2, 0.25) is 0 Å². The van der Waals surface area contributed by atoms with Crippen LogP contribution < -0.4 is 5.90 Å². The summed E-state index contributed by atoms with van der Waals surface area (Å²) in [5.74, 6) is 8.03. The van der Waals surface area contributed by atoms with Gasteiger partial charge in [0, 0.05) is 5.90 Å². The first-order valence-electron chi connectivity index (χ1n) is 2.65. The minimum absolute atomic E-state index is 0.0417. The van der Waals surface area contributed by atoms with Crippen LogP contribution in [0.5, 0.6) is 0 Å². The third-order valence-corrected chi connectivity index (χ3v) is 1.06. The smallest absolute Gasteiger partial charge is 0.0822 e. The molecule has 0 aliphatic carbocycles. The second-order valence-corrected chi connectivity index (χ2v) is 1.54. The van der Waals surface area contributed by atoms with Crippen LogP contribution in [-0.4, -0.2) is 6.10 Å². The maximum Gasteiger partial charge on any atom is 0.0822 e. The molecule has 0 fully saturated rings. The topological polar surface area (TPSA) is 31.5 Å². The third kappa shape index (κ3) is 2.60. The van der Waals surface area contributed by atoms with E-state index in [1.54, 1.807) is 0 Å². The van der Waals surface area contributed by atoms with Crippen LogP contribution in [-0.2, 0) is 4.84 Å². The molecule has 0 aliphatic heterocycles. The van der Waals surface area contributed by atoms with E-state index >= 15 is 0 Å². The Morgan fingerprint density at radius 3 is 1.86 bits per heavy atom. The van der Waals surface area contributed by atoms with Crippen molar-refractivity contribution in [2.45, 2.75) is 32.8 Å². The van der Waals surface area contributed by atoms with Crippen LogP contribution in [0.4, 0.5) is 0 Å². The van der Waals surface area contributed by atoms with Gasteiger partial charge in [0.15, 0.2) is 0 Å². The summed E-state index contributed by atoms with van der Waals surface area (Å²) in [4.78, 5) is 4.05. The van der Waals surface area contributed by atoms with Crippen LogP contribution in [0.25, 0.3) is 0 Å². The molecule has 7 heavy (non-hydrogen) atoms. The van der Waals surface area contributed by atoms with Gasteiger partial charge in [0.05, 0.1) is 6.10 Å². The van der Waals surface area contributed by atoms with E-state index in [1.807, 2.05) is 13.8 Å². The summed E-state index contributed by atoms with van der Waals surface area (Å²) < 4.78 is 0. The van der Waals surface area contributed by atoms with Gasteiger partial charge < -0.3 is 0 Å². The molecule has 0 aliphatic rings. The molecule has 0 saturated carbocycles. The molecule has 0 N–H and O–H groups in total. The maximum atomic E-state index is 8.03. The molecule has 0 saturated heterocycles. The summed E-state index contributed by atoms with van der Waals surface area (Å²) >= 11 is 0. The molecule has 0 aromatic rings. The zero-order chi connectivity index (χ0) is 5.70. The van der Waals surface area contributed by atoms with Crippen molar-refractivity contribution in [1.82, 2.24) is 5.90 Å². The van der Waals surface area contributed by atoms with Gasteiger partial charge >= 0.3 is 0 Å². The van der Waals surface area contributed by atoms with Crippen molar-refractivity contribution < 1.29 is 4.84 Å². The Labute approximate surface area is 44.6 Å². The van der Waals surface area contributed by atoms with Crippen molar-refractivity contribution >= 4 is 0 Å². The lowest BCUT2D eigenvalue weighted by Crippen LogP contribution is -2.07. The Kier molecular flexibility index (Phi) is 4.04. The Bertz CT molecular complexity index is 29.6. The van der Waals surface area contributed by atoms with Gasteiger partial charge in [-0.05, 0) is 12.8 Å².